The molecule has 0 atom stereocenters. The van der Waals surface area contributed by atoms with E-state index in [1.807, 2.05) is 19.0 Å². The van der Waals surface area contributed by atoms with Crippen molar-refractivity contribution in [2.75, 3.05) is 31.3 Å². The molecule has 6 nitrogen and oxygen atoms in total. The molecule has 1 aromatic heterocycles. The predicted octanol–water partition coefficient (Wildman–Crippen LogP) is 2.01. The van der Waals surface area contributed by atoms with Crippen molar-refractivity contribution in [2.45, 2.75) is 4.34 Å². The van der Waals surface area contributed by atoms with Gasteiger partial charge in [-0.3, -0.25) is 0 Å². The largest absolute Gasteiger partial charge is 0.353 e. The number of aromatic nitrogens is 2. The number of hydrogen-bond acceptors (Lipinski definition) is 6. The number of nitrogens with zero attached hydrogens (tertiary/aromatic N) is 6. The van der Waals surface area contributed by atoms with Gasteiger partial charge in [0.2, 0.25) is 5.13 Å². The van der Waals surface area contributed by atoms with E-state index in [9.17, 15) is 0 Å². The second-order valence-corrected chi connectivity index (χ2v) is 4.85. The van der Waals surface area contributed by atoms with Crippen LogP contribution in [0.1, 0.15) is 0 Å². The first-order valence-corrected chi connectivity index (χ1v) is 5.68. The summed E-state index contributed by atoms with van der Waals surface area (Å²) in [6.07, 6.45) is 0. The molecule has 0 amide bonds. The fraction of sp³-hybridized carbons (Fsp3) is 0.667. The van der Waals surface area contributed by atoms with Gasteiger partial charge in [-0.1, -0.05) is 28.2 Å². The Morgan fingerprint density at radius 3 is 2.93 bits per heavy atom. The molecule has 0 bridgehead atoms. The summed E-state index contributed by atoms with van der Waals surface area (Å²) in [6.45, 7) is 0.484. The maximum atomic E-state index is 8.06. The zero-order chi connectivity index (χ0) is 10.4. The highest BCUT2D eigenvalue weighted by Gasteiger charge is 2.04. The Morgan fingerprint density at radius 2 is 2.36 bits per heavy atom. The topological polar surface area (TPSA) is 77.8 Å². The average molecular weight is 230 g/mol. The van der Waals surface area contributed by atoms with E-state index in [1.165, 1.54) is 11.3 Å². The molecule has 0 spiro atoms. The van der Waals surface area contributed by atoms with Crippen LogP contribution in [0.2, 0.25) is 0 Å². The number of rotatable bonds is 5. The number of hydrogen-bond donors (Lipinski definition) is 0. The van der Waals surface area contributed by atoms with Crippen LogP contribution in [0.15, 0.2) is 9.45 Å². The molecule has 1 aromatic rings. The summed E-state index contributed by atoms with van der Waals surface area (Å²) in [4.78, 5) is 4.58. The van der Waals surface area contributed by atoms with Crippen LogP contribution in [0.25, 0.3) is 10.4 Å². The normalized spacial score (nSPS) is 9.57. The molecule has 0 saturated heterocycles. The molecule has 14 heavy (non-hydrogen) atoms. The molecule has 76 valence electrons. The highest BCUT2D eigenvalue weighted by molar-refractivity contribution is 8.01. The van der Waals surface area contributed by atoms with E-state index in [-0.39, 0.29) is 0 Å². The minimum Gasteiger partial charge on any atom is -0.353 e. The van der Waals surface area contributed by atoms with Gasteiger partial charge in [0.25, 0.3) is 0 Å². The van der Waals surface area contributed by atoms with Crippen LogP contribution < -0.4 is 4.90 Å². The summed E-state index contributed by atoms with van der Waals surface area (Å²) in [5.74, 6) is 0.742. The molecular weight excluding hydrogens is 220 g/mol. The summed E-state index contributed by atoms with van der Waals surface area (Å²) >= 11 is 3.08. The second-order valence-electron chi connectivity index (χ2n) is 2.55. The summed E-state index contributed by atoms with van der Waals surface area (Å²) in [5, 5.41) is 12.3. The molecule has 1 rings (SSSR count). The summed E-state index contributed by atoms with van der Waals surface area (Å²) in [7, 11) is 3.85. The first-order valence-electron chi connectivity index (χ1n) is 3.88. The van der Waals surface area contributed by atoms with E-state index in [1.54, 1.807) is 11.8 Å². The van der Waals surface area contributed by atoms with Crippen LogP contribution in [-0.4, -0.2) is 36.6 Å². The molecule has 0 fully saturated rings. The Labute approximate surface area is 90.0 Å². The van der Waals surface area contributed by atoms with Crippen LogP contribution in [0.4, 0.5) is 5.13 Å². The van der Waals surface area contributed by atoms with Gasteiger partial charge < -0.3 is 4.90 Å². The maximum Gasteiger partial charge on any atom is 0.208 e. The van der Waals surface area contributed by atoms with Crippen LogP contribution in [0.3, 0.4) is 0 Å². The molecule has 0 aliphatic carbocycles. The third kappa shape index (κ3) is 3.41. The first-order chi connectivity index (χ1) is 6.74. The molecular formula is C6H10N6S2. The lowest BCUT2D eigenvalue weighted by molar-refractivity contribution is 0.971. The van der Waals surface area contributed by atoms with Crippen molar-refractivity contribution in [3.05, 3.63) is 10.4 Å². The van der Waals surface area contributed by atoms with Crippen LogP contribution >= 0.6 is 23.1 Å². The molecule has 0 aliphatic rings. The Balaban J connectivity index is 2.39. The molecule has 0 unspecified atom stereocenters. The van der Waals surface area contributed by atoms with E-state index in [0.717, 1.165) is 15.2 Å². The van der Waals surface area contributed by atoms with Crippen molar-refractivity contribution in [3.63, 3.8) is 0 Å². The van der Waals surface area contributed by atoms with Crippen molar-refractivity contribution in [3.8, 4) is 0 Å². The lowest BCUT2D eigenvalue weighted by Crippen LogP contribution is -2.07. The molecule has 0 N–H and O–H groups in total. The minimum absolute atomic E-state index is 0.484. The lowest BCUT2D eigenvalue weighted by Gasteiger charge is -2.03. The fourth-order valence-electron chi connectivity index (χ4n) is 0.660. The summed E-state index contributed by atoms with van der Waals surface area (Å²) < 4.78 is 0.904. The molecule has 0 aliphatic heterocycles. The average Bonchev–Trinajstić information content (AvgIpc) is 2.61. The van der Waals surface area contributed by atoms with Crippen molar-refractivity contribution < 1.29 is 0 Å². The van der Waals surface area contributed by atoms with Gasteiger partial charge in [0.1, 0.15) is 0 Å². The van der Waals surface area contributed by atoms with Gasteiger partial charge in [0.15, 0.2) is 4.34 Å². The SMILES string of the molecule is CN(C)c1nnc(SCCN=[N+]=[N-])s1. The van der Waals surface area contributed by atoms with Crippen molar-refractivity contribution >= 4 is 28.2 Å². The molecule has 0 saturated carbocycles. The number of thioether (sulfide) groups is 1. The molecule has 0 radical (unpaired) electrons. The Hall–Kier alpha value is -0.980. The third-order valence-electron chi connectivity index (χ3n) is 1.26. The van der Waals surface area contributed by atoms with Gasteiger partial charge in [0, 0.05) is 31.3 Å². The Kier molecular flexibility index (Phi) is 4.51. The maximum absolute atomic E-state index is 8.06. The van der Waals surface area contributed by atoms with Gasteiger partial charge in [-0.15, -0.1) is 10.2 Å². The summed E-state index contributed by atoms with van der Waals surface area (Å²) in [6, 6.07) is 0. The quantitative estimate of drug-likeness (QED) is 0.255. The van der Waals surface area contributed by atoms with Gasteiger partial charge in [-0.25, -0.2) is 0 Å². The van der Waals surface area contributed by atoms with Gasteiger partial charge in [-0.2, -0.15) is 0 Å². The molecule has 1 heterocycles. The van der Waals surface area contributed by atoms with Gasteiger partial charge in [0.05, 0.1) is 0 Å². The van der Waals surface area contributed by atoms with Gasteiger partial charge in [-0.05, 0) is 5.53 Å². The zero-order valence-corrected chi connectivity index (χ0v) is 9.55. The van der Waals surface area contributed by atoms with E-state index in [4.69, 9.17) is 5.53 Å². The highest BCUT2D eigenvalue weighted by Crippen LogP contribution is 2.26. The smallest absolute Gasteiger partial charge is 0.208 e. The monoisotopic (exact) mass is 230 g/mol. The Bertz CT molecular complexity index is 329. The number of anilines is 1. The van der Waals surface area contributed by atoms with Gasteiger partial charge >= 0.3 is 0 Å². The van der Waals surface area contributed by atoms with E-state index < -0.39 is 0 Å². The standard InChI is InChI=1S/C6H10N6S2/c1-12(2)5-9-10-6(14-5)13-4-3-8-11-7/h3-4H2,1-2H3. The van der Waals surface area contributed by atoms with E-state index in [0.29, 0.717) is 6.54 Å². The fourth-order valence-corrected chi connectivity index (χ4v) is 2.32. The van der Waals surface area contributed by atoms with Crippen LogP contribution in [0.5, 0.6) is 0 Å². The lowest BCUT2D eigenvalue weighted by atomic mass is 10.8. The van der Waals surface area contributed by atoms with Crippen molar-refractivity contribution in [2.24, 2.45) is 5.11 Å². The van der Waals surface area contributed by atoms with Crippen molar-refractivity contribution in [1.29, 1.82) is 0 Å². The second kappa shape index (κ2) is 5.69. The highest BCUT2D eigenvalue weighted by atomic mass is 32.2. The third-order valence-corrected chi connectivity index (χ3v) is 3.46. The van der Waals surface area contributed by atoms with E-state index in [2.05, 4.69) is 20.2 Å². The van der Waals surface area contributed by atoms with Crippen molar-refractivity contribution in [1.82, 2.24) is 10.2 Å². The Morgan fingerprint density at radius 1 is 1.57 bits per heavy atom. The minimum atomic E-state index is 0.484. The zero-order valence-electron chi connectivity index (χ0n) is 7.91. The van der Waals surface area contributed by atoms with E-state index >= 15 is 0 Å². The predicted molar refractivity (Wildman–Crippen MR) is 59.0 cm³/mol. The van der Waals surface area contributed by atoms with Crippen LogP contribution in [0, 0.1) is 0 Å². The molecule has 0 aromatic carbocycles. The molecule has 8 heteroatoms. The van der Waals surface area contributed by atoms with Crippen LogP contribution in [-0.2, 0) is 0 Å². The summed E-state index contributed by atoms with van der Waals surface area (Å²) in [5.41, 5.74) is 8.06. The first kappa shape index (κ1) is 11.1. The number of azide groups is 1.